The fraction of sp³-hybridized carbons (Fsp3) is 0.562. The molecule has 1 saturated heterocycles. The van der Waals surface area contributed by atoms with E-state index in [4.69, 9.17) is 14.2 Å². The molecule has 0 radical (unpaired) electrons. The summed E-state index contributed by atoms with van der Waals surface area (Å²) in [5.41, 5.74) is 0.990. The summed E-state index contributed by atoms with van der Waals surface area (Å²) in [6.07, 6.45) is -2.36. The predicted octanol–water partition coefficient (Wildman–Crippen LogP) is 0.495. The minimum Gasteiger partial charge on any atom is -0.497 e. The number of methoxy groups -OCH3 is 1. The van der Waals surface area contributed by atoms with Crippen LogP contribution in [0, 0.1) is 11.8 Å². The van der Waals surface area contributed by atoms with Crippen molar-refractivity contribution in [2.24, 2.45) is 11.8 Å². The Morgan fingerprint density at radius 2 is 1.95 bits per heavy atom. The number of carbonyl (C=O) groups excluding carboxylic acids is 1. The standard InChI is InChI=1S/C16H20O6/c1-20-10-4-2-9(3-5-10)7-21-8-12-11-6-13(17)22-16(14(11)18)15(12)19/h2-5,11-12,14-16,18-19H,6-8H2,1H3/t11-,12+,14+,15-,16?/m1/s1. The monoisotopic (exact) mass is 308 g/mol. The number of hydrogen-bond acceptors (Lipinski definition) is 6. The van der Waals surface area contributed by atoms with E-state index in [2.05, 4.69) is 0 Å². The van der Waals surface area contributed by atoms with E-state index in [1.807, 2.05) is 24.3 Å². The summed E-state index contributed by atoms with van der Waals surface area (Å²) in [6, 6.07) is 7.52. The lowest BCUT2D eigenvalue weighted by molar-refractivity contribution is -0.168. The first-order chi connectivity index (χ1) is 10.6. The highest BCUT2D eigenvalue weighted by atomic mass is 16.6. The van der Waals surface area contributed by atoms with Gasteiger partial charge in [-0.15, -0.1) is 0 Å². The molecular weight excluding hydrogens is 288 g/mol. The average Bonchev–Trinajstić information content (AvgIpc) is 2.66. The van der Waals surface area contributed by atoms with E-state index in [1.165, 1.54) is 0 Å². The number of ether oxygens (including phenoxy) is 3. The number of aliphatic hydroxyl groups is 2. The summed E-state index contributed by atoms with van der Waals surface area (Å²) in [5, 5.41) is 20.2. The van der Waals surface area contributed by atoms with Crippen molar-refractivity contribution in [1.29, 1.82) is 0 Å². The van der Waals surface area contributed by atoms with Crippen LogP contribution in [0.1, 0.15) is 12.0 Å². The lowest BCUT2D eigenvalue weighted by Gasteiger charge is -2.25. The summed E-state index contributed by atoms with van der Waals surface area (Å²) < 4.78 is 15.8. The third-order valence-electron chi connectivity index (χ3n) is 4.51. The van der Waals surface area contributed by atoms with Crippen LogP contribution in [0.2, 0.25) is 0 Å². The molecular formula is C16H20O6. The fourth-order valence-electron chi connectivity index (χ4n) is 3.26. The molecule has 2 fully saturated rings. The largest absolute Gasteiger partial charge is 0.497 e. The summed E-state index contributed by atoms with van der Waals surface area (Å²) in [7, 11) is 1.61. The molecule has 1 aliphatic carbocycles. The maximum atomic E-state index is 11.4. The molecule has 0 amide bonds. The van der Waals surface area contributed by atoms with Crippen molar-refractivity contribution < 1.29 is 29.2 Å². The Morgan fingerprint density at radius 3 is 2.64 bits per heavy atom. The van der Waals surface area contributed by atoms with Gasteiger partial charge in [-0.05, 0) is 17.7 Å². The van der Waals surface area contributed by atoms with Gasteiger partial charge >= 0.3 is 5.97 Å². The molecule has 1 aliphatic heterocycles. The minimum atomic E-state index is -0.873. The van der Waals surface area contributed by atoms with Gasteiger partial charge in [0, 0.05) is 11.8 Å². The van der Waals surface area contributed by atoms with Gasteiger partial charge in [0.25, 0.3) is 0 Å². The molecule has 3 rings (SSSR count). The lowest BCUT2D eigenvalue weighted by Crippen LogP contribution is -2.40. The van der Waals surface area contributed by atoms with Crippen molar-refractivity contribution in [3.63, 3.8) is 0 Å². The molecule has 2 N–H and O–H groups in total. The second-order valence-electron chi connectivity index (χ2n) is 5.83. The molecule has 22 heavy (non-hydrogen) atoms. The van der Waals surface area contributed by atoms with E-state index in [-0.39, 0.29) is 30.8 Å². The number of benzene rings is 1. The van der Waals surface area contributed by atoms with E-state index >= 15 is 0 Å². The Hall–Kier alpha value is -1.63. The van der Waals surface area contributed by atoms with E-state index < -0.39 is 18.3 Å². The molecule has 1 heterocycles. The molecule has 2 aliphatic rings. The van der Waals surface area contributed by atoms with Crippen LogP contribution in [0.4, 0.5) is 0 Å². The molecule has 1 saturated carbocycles. The van der Waals surface area contributed by atoms with Crippen molar-refractivity contribution in [3.05, 3.63) is 29.8 Å². The van der Waals surface area contributed by atoms with Gasteiger partial charge in [0.05, 0.1) is 39.0 Å². The van der Waals surface area contributed by atoms with Crippen molar-refractivity contribution in [3.8, 4) is 5.75 Å². The fourth-order valence-corrected chi connectivity index (χ4v) is 3.26. The number of carbonyl (C=O) groups is 1. The highest BCUT2D eigenvalue weighted by molar-refractivity contribution is 5.71. The van der Waals surface area contributed by atoms with Crippen LogP contribution in [-0.2, 0) is 20.9 Å². The molecule has 2 bridgehead atoms. The van der Waals surface area contributed by atoms with E-state index in [0.29, 0.717) is 6.61 Å². The molecule has 0 spiro atoms. The maximum Gasteiger partial charge on any atom is 0.306 e. The van der Waals surface area contributed by atoms with Gasteiger partial charge in [-0.25, -0.2) is 0 Å². The molecule has 120 valence electrons. The van der Waals surface area contributed by atoms with Crippen LogP contribution in [0.5, 0.6) is 5.75 Å². The third-order valence-corrected chi connectivity index (χ3v) is 4.51. The zero-order valence-electron chi connectivity index (χ0n) is 12.3. The minimum absolute atomic E-state index is 0.130. The molecule has 0 aromatic heterocycles. The van der Waals surface area contributed by atoms with Gasteiger partial charge in [0.15, 0.2) is 6.10 Å². The van der Waals surface area contributed by atoms with Gasteiger partial charge in [-0.3, -0.25) is 4.79 Å². The van der Waals surface area contributed by atoms with Crippen molar-refractivity contribution in [1.82, 2.24) is 0 Å². The van der Waals surface area contributed by atoms with Crippen LogP contribution in [-0.4, -0.2) is 48.2 Å². The number of aliphatic hydroxyl groups excluding tert-OH is 2. The van der Waals surface area contributed by atoms with Crippen LogP contribution < -0.4 is 4.74 Å². The van der Waals surface area contributed by atoms with Gasteiger partial charge < -0.3 is 24.4 Å². The molecule has 1 aromatic carbocycles. The molecule has 1 unspecified atom stereocenters. The first-order valence-electron chi connectivity index (χ1n) is 7.36. The van der Waals surface area contributed by atoms with Crippen LogP contribution in [0.15, 0.2) is 24.3 Å². The Kier molecular flexibility index (Phi) is 4.33. The Balaban J connectivity index is 1.56. The molecule has 5 atom stereocenters. The van der Waals surface area contributed by atoms with E-state index in [9.17, 15) is 15.0 Å². The molecule has 1 aromatic rings. The van der Waals surface area contributed by atoms with Crippen molar-refractivity contribution in [2.45, 2.75) is 31.3 Å². The van der Waals surface area contributed by atoms with E-state index in [1.54, 1.807) is 7.11 Å². The number of esters is 1. The third kappa shape index (κ3) is 2.82. The van der Waals surface area contributed by atoms with Crippen molar-refractivity contribution in [2.75, 3.05) is 13.7 Å². The zero-order chi connectivity index (χ0) is 15.7. The topological polar surface area (TPSA) is 85.2 Å². The van der Waals surface area contributed by atoms with Crippen molar-refractivity contribution >= 4 is 5.97 Å². The summed E-state index contributed by atoms with van der Waals surface area (Å²) in [4.78, 5) is 11.4. The predicted molar refractivity (Wildman–Crippen MR) is 76.1 cm³/mol. The Morgan fingerprint density at radius 1 is 1.23 bits per heavy atom. The number of fused-ring (bicyclic) bond motifs is 2. The zero-order valence-corrected chi connectivity index (χ0v) is 12.3. The molecule has 6 nitrogen and oxygen atoms in total. The van der Waals surface area contributed by atoms with Gasteiger partial charge in [-0.2, -0.15) is 0 Å². The normalized spacial score (nSPS) is 33.6. The van der Waals surface area contributed by atoms with Gasteiger partial charge in [-0.1, -0.05) is 12.1 Å². The van der Waals surface area contributed by atoms with Gasteiger partial charge in [0.2, 0.25) is 0 Å². The van der Waals surface area contributed by atoms with Crippen LogP contribution in [0.25, 0.3) is 0 Å². The molecule has 6 heteroatoms. The first-order valence-corrected chi connectivity index (χ1v) is 7.36. The lowest BCUT2D eigenvalue weighted by atomic mass is 9.91. The summed E-state index contributed by atoms with van der Waals surface area (Å²) >= 11 is 0. The first kappa shape index (κ1) is 15.3. The van der Waals surface area contributed by atoms with Crippen LogP contribution in [0.3, 0.4) is 0 Å². The average molecular weight is 308 g/mol. The highest BCUT2D eigenvalue weighted by Gasteiger charge is 2.55. The highest BCUT2D eigenvalue weighted by Crippen LogP contribution is 2.41. The number of hydrogen-bond donors (Lipinski definition) is 2. The summed E-state index contributed by atoms with van der Waals surface area (Å²) in [5.74, 6) is -0.165. The maximum absolute atomic E-state index is 11.4. The smallest absolute Gasteiger partial charge is 0.306 e. The Bertz CT molecular complexity index is 528. The second kappa shape index (κ2) is 6.24. The second-order valence-corrected chi connectivity index (χ2v) is 5.83. The Labute approximate surface area is 128 Å². The van der Waals surface area contributed by atoms with Crippen LogP contribution >= 0.6 is 0 Å². The quantitative estimate of drug-likeness (QED) is 0.770. The SMILES string of the molecule is COc1ccc(COC[C@H]2[C@H]3CC(=O)OC([C@H]3O)[C@@H]2O)cc1. The summed E-state index contributed by atoms with van der Waals surface area (Å²) in [6.45, 7) is 0.678. The number of rotatable bonds is 5. The van der Waals surface area contributed by atoms with Gasteiger partial charge in [0.1, 0.15) is 5.75 Å². The van der Waals surface area contributed by atoms with E-state index in [0.717, 1.165) is 11.3 Å².